The van der Waals surface area contributed by atoms with E-state index in [1.807, 2.05) is 0 Å². The molecule has 4 nitrogen and oxygen atoms in total. The van der Waals surface area contributed by atoms with Gasteiger partial charge in [0, 0.05) is 12.5 Å². The maximum absolute atomic E-state index is 11.0. The number of aromatic nitrogens is 1. The van der Waals surface area contributed by atoms with Gasteiger partial charge < -0.3 is 4.42 Å². The van der Waals surface area contributed by atoms with Gasteiger partial charge in [-0.2, -0.15) is 5.26 Å². The quantitative estimate of drug-likeness (QED) is 0.503. The highest BCUT2D eigenvalue weighted by atomic mass is 16.3. The topological polar surface area (TPSA) is 66.9 Å². The Kier molecular flexibility index (Phi) is 1.79. The van der Waals surface area contributed by atoms with Crippen LogP contribution in [0.2, 0.25) is 0 Å². The van der Waals surface area contributed by atoms with Crippen molar-refractivity contribution in [2.45, 2.75) is 6.92 Å². The van der Waals surface area contributed by atoms with E-state index in [1.54, 1.807) is 31.2 Å². The third-order valence-electron chi connectivity index (χ3n) is 1.86. The molecule has 0 bridgehead atoms. The van der Waals surface area contributed by atoms with Crippen LogP contribution in [0.3, 0.4) is 0 Å². The fourth-order valence-electron chi connectivity index (χ4n) is 1.25. The standard InChI is InChI=1S/C10H6N2O2/c1-6-12-8-4-7(9(13)5-11)2-3-10(8)14-6/h2-4H,1H3. The van der Waals surface area contributed by atoms with Crippen molar-refractivity contribution >= 4 is 16.9 Å². The van der Waals surface area contributed by atoms with E-state index in [0.717, 1.165) is 0 Å². The second-order valence-electron chi connectivity index (χ2n) is 2.86. The van der Waals surface area contributed by atoms with Crippen LogP contribution in [-0.2, 0) is 0 Å². The van der Waals surface area contributed by atoms with Gasteiger partial charge in [0.15, 0.2) is 11.5 Å². The number of fused-ring (bicyclic) bond motifs is 1. The average molecular weight is 186 g/mol. The first kappa shape index (κ1) is 8.45. The summed E-state index contributed by atoms with van der Waals surface area (Å²) >= 11 is 0. The minimum absolute atomic E-state index is 0.341. The highest BCUT2D eigenvalue weighted by molar-refractivity contribution is 6.08. The third-order valence-corrected chi connectivity index (χ3v) is 1.86. The number of carbonyl (C=O) groups excluding carboxylic acids is 1. The predicted molar refractivity (Wildman–Crippen MR) is 48.7 cm³/mol. The van der Waals surface area contributed by atoms with Crippen LogP contribution >= 0.6 is 0 Å². The minimum Gasteiger partial charge on any atom is -0.441 e. The van der Waals surface area contributed by atoms with Crippen molar-refractivity contribution in [3.63, 3.8) is 0 Å². The van der Waals surface area contributed by atoms with Gasteiger partial charge >= 0.3 is 0 Å². The molecule has 0 aliphatic heterocycles. The van der Waals surface area contributed by atoms with E-state index >= 15 is 0 Å². The average Bonchev–Trinajstić information content (AvgIpc) is 2.55. The van der Waals surface area contributed by atoms with Gasteiger partial charge in [0.25, 0.3) is 5.78 Å². The smallest absolute Gasteiger partial charge is 0.262 e. The largest absolute Gasteiger partial charge is 0.441 e. The van der Waals surface area contributed by atoms with Crippen LogP contribution in [0.1, 0.15) is 16.2 Å². The van der Waals surface area contributed by atoms with Crippen molar-refractivity contribution in [1.82, 2.24) is 4.98 Å². The lowest BCUT2D eigenvalue weighted by atomic mass is 10.1. The number of aryl methyl sites for hydroxylation is 1. The number of nitrogens with zero attached hydrogens (tertiary/aromatic N) is 2. The number of hydrogen-bond acceptors (Lipinski definition) is 4. The van der Waals surface area contributed by atoms with Crippen LogP contribution in [0, 0.1) is 18.3 Å². The molecule has 0 atom stereocenters. The number of nitriles is 1. The second kappa shape index (κ2) is 2.96. The molecule has 0 unspecified atom stereocenters. The normalized spacial score (nSPS) is 10.0. The summed E-state index contributed by atoms with van der Waals surface area (Å²) in [5.74, 6) is -0.0193. The van der Waals surface area contributed by atoms with Gasteiger partial charge in [-0.1, -0.05) is 0 Å². The van der Waals surface area contributed by atoms with E-state index < -0.39 is 5.78 Å². The van der Waals surface area contributed by atoms with Crippen LogP contribution in [0.4, 0.5) is 0 Å². The summed E-state index contributed by atoms with van der Waals surface area (Å²) in [5, 5.41) is 8.42. The lowest BCUT2D eigenvalue weighted by Crippen LogP contribution is -1.93. The molecule has 2 aromatic rings. The van der Waals surface area contributed by atoms with Gasteiger partial charge in [0.1, 0.15) is 11.6 Å². The Balaban J connectivity index is 2.62. The van der Waals surface area contributed by atoms with Crippen LogP contribution in [0.5, 0.6) is 0 Å². The van der Waals surface area contributed by atoms with Crippen molar-refractivity contribution in [3.8, 4) is 6.07 Å². The van der Waals surface area contributed by atoms with Gasteiger partial charge in [-0.25, -0.2) is 4.98 Å². The number of hydrogen-bond donors (Lipinski definition) is 0. The molecule has 0 aliphatic carbocycles. The molecule has 4 heteroatoms. The zero-order valence-corrected chi connectivity index (χ0v) is 7.44. The number of ketones is 1. The first-order chi connectivity index (χ1) is 6.70. The molecule has 1 aromatic carbocycles. The molecule has 0 aliphatic rings. The van der Waals surface area contributed by atoms with E-state index in [1.165, 1.54) is 0 Å². The summed E-state index contributed by atoms with van der Waals surface area (Å²) in [6, 6.07) is 6.30. The first-order valence-electron chi connectivity index (χ1n) is 4.02. The zero-order chi connectivity index (χ0) is 10.1. The fourth-order valence-corrected chi connectivity index (χ4v) is 1.25. The third kappa shape index (κ3) is 1.25. The molecule has 1 heterocycles. The van der Waals surface area contributed by atoms with E-state index in [4.69, 9.17) is 9.68 Å². The molecule has 0 spiro atoms. The van der Waals surface area contributed by atoms with Crippen molar-refractivity contribution in [2.24, 2.45) is 0 Å². The summed E-state index contributed by atoms with van der Waals surface area (Å²) in [6.45, 7) is 1.73. The number of rotatable bonds is 1. The molecular weight excluding hydrogens is 180 g/mol. The van der Waals surface area contributed by atoms with E-state index in [2.05, 4.69) is 4.98 Å². The molecule has 0 amide bonds. The number of Topliss-reactive ketones (excluding diaryl/α,β-unsaturated/α-hetero) is 1. The Morgan fingerprint density at radius 1 is 1.57 bits per heavy atom. The fraction of sp³-hybridized carbons (Fsp3) is 0.100. The Hall–Kier alpha value is -2.15. The molecule has 0 saturated heterocycles. The second-order valence-corrected chi connectivity index (χ2v) is 2.86. The molecule has 2 rings (SSSR count). The van der Waals surface area contributed by atoms with Crippen molar-refractivity contribution in [2.75, 3.05) is 0 Å². The van der Waals surface area contributed by atoms with Crippen molar-refractivity contribution < 1.29 is 9.21 Å². The van der Waals surface area contributed by atoms with E-state index in [0.29, 0.717) is 22.6 Å². The molecule has 0 radical (unpaired) electrons. The summed E-state index contributed by atoms with van der Waals surface area (Å²) < 4.78 is 5.23. The zero-order valence-electron chi connectivity index (χ0n) is 7.44. The lowest BCUT2D eigenvalue weighted by Gasteiger charge is -1.90. The minimum atomic E-state index is -0.562. The van der Waals surface area contributed by atoms with Crippen LogP contribution in [-0.4, -0.2) is 10.8 Å². The summed E-state index contributed by atoms with van der Waals surface area (Å²) in [6.07, 6.45) is 0. The van der Waals surface area contributed by atoms with Gasteiger partial charge in [-0.15, -0.1) is 0 Å². The Morgan fingerprint density at radius 3 is 3.07 bits per heavy atom. The highest BCUT2D eigenvalue weighted by Crippen LogP contribution is 2.16. The summed E-state index contributed by atoms with van der Waals surface area (Å²) in [4.78, 5) is 15.1. The van der Waals surface area contributed by atoms with E-state index in [9.17, 15) is 4.79 Å². The number of benzene rings is 1. The number of carbonyl (C=O) groups is 1. The predicted octanol–water partition coefficient (Wildman–Crippen LogP) is 1.84. The maximum atomic E-state index is 11.0. The van der Waals surface area contributed by atoms with Gasteiger partial charge in [0.05, 0.1) is 0 Å². The van der Waals surface area contributed by atoms with Crippen LogP contribution < -0.4 is 0 Å². The summed E-state index contributed by atoms with van der Waals surface area (Å²) in [7, 11) is 0. The molecule has 1 aromatic heterocycles. The Bertz CT molecular complexity index is 549. The van der Waals surface area contributed by atoms with Gasteiger partial charge in [0.2, 0.25) is 0 Å². The molecule has 0 N–H and O–H groups in total. The molecule has 0 fully saturated rings. The van der Waals surface area contributed by atoms with Crippen LogP contribution in [0.15, 0.2) is 22.6 Å². The van der Waals surface area contributed by atoms with Gasteiger partial charge in [-0.3, -0.25) is 4.79 Å². The maximum Gasteiger partial charge on any atom is 0.262 e. The summed E-state index contributed by atoms with van der Waals surface area (Å²) in [5.41, 5.74) is 1.56. The molecular formula is C10H6N2O2. The molecule has 14 heavy (non-hydrogen) atoms. The molecule has 68 valence electrons. The monoisotopic (exact) mass is 186 g/mol. The number of oxazole rings is 1. The Morgan fingerprint density at radius 2 is 2.36 bits per heavy atom. The Labute approximate surface area is 79.8 Å². The van der Waals surface area contributed by atoms with Crippen molar-refractivity contribution in [3.05, 3.63) is 29.7 Å². The lowest BCUT2D eigenvalue weighted by molar-refractivity contribution is 0.105. The first-order valence-corrected chi connectivity index (χ1v) is 4.02. The van der Waals surface area contributed by atoms with Gasteiger partial charge in [-0.05, 0) is 18.2 Å². The van der Waals surface area contributed by atoms with E-state index in [-0.39, 0.29) is 0 Å². The SMILES string of the molecule is Cc1nc2cc(C(=O)C#N)ccc2o1. The van der Waals surface area contributed by atoms with Crippen molar-refractivity contribution in [1.29, 1.82) is 5.26 Å². The highest BCUT2D eigenvalue weighted by Gasteiger charge is 2.07. The molecule has 0 saturated carbocycles. The van der Waals surface area contributed by atoms with Crippen LogP contribution in [0.25, 0.3) is 11.1 Å².